The zero-order valence-corrected chi connectivity index (χ0v) is 20.0. The summed E-state index contributed by atoms with van der Waals surface area (Å²) in [6.45, 7) is 4.99. The molecule has 0 spiro atoms. The first kappa shape index (κ1) is 22.5. The van der Waals surface area contributed by atoms with E-state index in [0.29, 0.717) is 36.9 Å². The first-order chi connectivity index (χ1) is 16.5. The standard InChI is InChI=1S/C28H33N3O3/c1-20-9-6-7-12-22(20)29-27(33)28(2)19-30-23(25-13-8-18-34-25)14-15-24(30)26(32)31(28)17-16-21-10-4-3-5-11-21/h3-5,8,10-11,13-15,18,20,22H,6-7,9,12,16-17,19H2,1-2H3,(H,29,33)/t20-,22-,28-/m1/s1. The maximum atomic E-state index is 13.9. The summed E-state index contributed by atoms with van der Waals surface area (Å²) in [5, 5.41) is 3.34. The Labute approximate surface area is 200 Å². The second-order valence-corrected chi connectivity index (χ2v) is 9.98. The van der Waals surface area contributed by atoms with E-state index in [2.05, 4.69) is 24.4 Å². The molecule has 2 aliphatic rings. The van der Waals surface area contributed by atoms with Crippen molar-refractivity contribution in [3.05, 3.63) is 72.1 Å². The number of nitrogens with zero attached hydrogens (tertiary/aromatic N) is 2. The number of benzene rings is 1. The number of carbonyl (C=O) groups is 2. The number of amides is 2. The number of nitrogens with one attached hydrogen (secondary N) is 1. The van der Waals surface area contributed by atoms with Gasteiger partial charge in [0.1, 0.15) is 17.0 Å². The average molecular weight is 460 g/mol. The summed E-state index contributed by atoms with van der Waals surface area (Å²) in [5.41, 5.74) is 1.56. The van der Waals surface area contributed by atoms with Gasteiger partial charge in [-0.3, -0.25) is 9.59 Å². The van der Waals surface area contributed by atoms with Gasteiger partial charge in [0.05, 0.1) is 18.5 Å². The number of fused-ring (bicyclic) bond motifs is 1. The van der Waals surface area contributed by atoms with Gasteiger partial charge in [-0.15, -0.1) is 0 Å². The Balaban J connectivity index is 1.48. The number of aromatic nitrogens is 1. The van der Waals surface area contributed by atoms with Crippen molar-refractivity contribution in [2.24, 2.45) is 5.92 Å². The van der Waals surface area contributed by atoms with Gasteiger partial charge in [0.15, 0.2) is 0 Å². The van der Waals surface area contributed by atoms with E-state index in [1.807, 2.05) is 54.0 Å². The van der Waals surface area contributed by atoms with E-state index < -0.39 is 5.54 Å². The van der Waals surface area contributed by atoms with Gasteiger partial charge in [0.25, 0.3) is 5.91 Å². The van der Waals surface area contributed by atoms with Crippen LogP contribution in [0.3, 0.4) is 0 Å². The van der Waals surface area contributed by atoms with E-state index >= 15 is 0 Å². The van der Waals surface area contributed by atoms with Crippen LogP contribution < -0.4 is 5.32 Å². The molecule has 1 aliphatic carbocycles. The fourth-order valence-corrected chi connectivity index (χ4v) is 5.50. The molecule has 178 valence electrons. The van der Waals surface area contributed by atoms with E-state index in [1.165, 1.54) is 6.42 Å². The first-order valence-electron chi connectivity index (χ1n) is 12.4. The van der Waals surface area contributed by atoms with Crippen LogP contribution in [0.2, 0.25) is 0 Å². The second-order valence-electron chi connectivity index (χ2n) is 9.98. The van der Waals surface area contributed by atoms with Crippen molar-refractivity contribution in [1.82, 2.24) is 14.8 Å². The predicted molar refractivity (Wildman–Crippen MR) is 131 cm³/mol. The third kappa shape index (κ3) is 4.06. The minimum absolute atomic E-state index is 0.0718. The molecule has 0 bridgehead atoms. The van der Waals surface area contributed by atoms with Gasteiger partial charge in [-0.1, -0.05) is 50.1 Å². The maximum Gasteiger partial charge on any atom is 0.271 e. The predicted octanol–water partition coefficient (Wildman–Crippen LogP) is 4.90. The quantitative estimate of drug-likeness (QED) is 0.570. The molecule has 1 saturated carbocycles. The molecule has 3 atom stereocenters. The van der Waals surface area contributed by atoms with Crippen molar-refractivity contribution in [2.45, 2.75) is 64.1 Å². The molecule has 2 aromatic heterocycles. The molecule has 6 heteroatoms. The Morgan fingerprint density at radius 3 is 2.56 bits per heavy atom. The molecule has 6 nitrogen and oxygen atoms in total. The monoisotopic (exact) mass is 459 g/mol. The Hall–Kier alpha value is -3.28. The van der Waals surface area contributed by atoms with Crippen molar-refractivity contribution in [3.63, 3.8) is 0 Å². The SMILES string of the molecule is C[C@@H]1CCCC[C@H]1NC(=O)[C@@]1(C)Cn2c(ccc2-c2ccco2)C(=O)N1CCc1ccccc1. The molecule has 0 unspecified atom stereocenters. The molecule has 1 N–H and O–H groups in total. The van der Waals surface area contributed by atoms with E-state index in [4.69, 9.17) is 4.42 Å². The third-order valence-electron chi connectivity index (χ3n) is 7.66. The van der Waals surface area contributed by atoms with Crippen LogP contribution in [-0.2, 0) is 17.8 Å². The van der Waals surface area contributed by atoms with Gasteiger partial charge in [0, 0.05) is 12.6 Å². The van der Waals surface area contributed by atoms with Crippen LogP contribution >= 0.6 is 0 Å². The van der Waals surface area contributed by atoms with Gasteiger partial charge >= 0.3 is 0 Å². The van der Waals surface area contributed by atoms with E-state index in [9.17, 15) is 9.59 Å². The Morgan fingerprint density at radius 1 is 1.06 bits per heavy atom. The Kier molecular flexibility index (Phi) is 6.07. The molecule has 0 saturated heterocycles. The van der Waals surface area contributed by atoms with Crippen molar-refractivity contribution in [1.29, 1.82) is 0 Å². The lowest BCUT2D eigenvalue weighted by Gasteiger charge is -2.45. The molecule has 1 aliphatic heterocycles. The van der Waals surface area contributed by atoms with Crippen molar-refractivity contribution in [3.8, 4) is 11.5 Å². The highest BCUT2D eigenvalue weighted by Crippen LogP contribution is 2.34. The number of hydrogen-bond acceptors (Lipinski definition) is 3. The summed E-state index contributed by atoms with van der Waals surface area (Å²) >= 11 is 0. The van der Waals surface area contributed by atoms with E-state index in [1.54, 1.807) is 11.2 Å². The van der Waals surface area contributed by atoms with Crippen LogP contribution in [0.25, 0.3) is 11.5 Å². The Bertz CT molecular complexity index is 1150. The highest BCUT2D eigenvalue weighted by Gasteiger charge is 2.48. The molecule has 5 rings (SSSR count). The number of carbonyl (C=O) groups excluding carboxylic acids is 2. The van der Waals surface area contributed by atoms with Crippen molar-refractivity contribution in [2.75, 3.05) is 6.54 Å². The lowest BCUT2D eigenvalue weighted by molar-refractivity contribution is -0.134. The zero-order chi connectivity index (χ0) is 23.7. The number of furan rings is 1. The van der Waals surface area contributed by atoms with E-state index in [0.717, 1.165) is 30.5 Å². The first-order valence-corrected chi connectivity index (χ1v) is 12.4. The average Bonchev–Trinajstić information content (AvgIpc) is 3.51. The van der Waals surface area contributed by atoms with Gasteiger partial charge < -0.3 is 19.2 Å². The lowest BCUT2D eigenvalue weighted by atomic mass is 9.85. The highest BCUT2D eigenvalue weighted by molar-refractivity contribution is 6.00. The normalized spacial score (nSPS) is 24.6. The zero-order valence-electron chi connectivity index (χ0n) is 20.0. The molecule has 1 fully saturated rings. The smallest absolute Gasteiger partial charge is 0.271 e. The molecular formula is C28H33N3O3. The third-order valence-corrected chi connectivity index (χ3v) is 7.66. The van der Waals surface area contributed by atoms with Gasteiger partial charge in [-0.05, 0) is 61.9 Å². The van der Waals surface area contributed by atoms with Crippen LogP contribution in [0, 0.1) is 5.92 Å². The van der Waals surface area contributed by atoms with Crippen LogP contribution in [0.4, 0.5) is 0 Å². The van der Waals surface area contributed by atoms with E-state index in [-0.39, 0.29) is 17.9 Å². The van der Waals surface area contributed by atoms with Crippen LogP contribution in [0.5, 0.6) is 0 Å². The summed E-state index contributed by atoms with van der Waals surface area (Å²) in [5.74, 6) is 0.950. The largest absolute Gasteiger partial charge is 0.463 e. The Morgan fingerprint density at radius 2 is 1.82 bits per heavy atom. The summed E-state index contributed by atoms with van der Waals surface area (Å²) < 4.78 is 7.58. The minimum atomic E-state index is -1.00. The fraction of sp³-hybridized carbons (Fsp3) is 0.429. The van der Waals surface area contributed by atoms with Gasteiger partial charge in [-0.25, -0.2) is 0 Å². The summed E-state index contributed by atoms with van der Waals surface area (Å²) in [6, 6.07) is 17.7. The van der Waals surface area contributed by atoms with Crippen molar-refractivity contribution >= 4 is 11.8 Å². The highest BCUT2D eigenvalue weighted by atomic mass is 16.3. The molecule has 2 amide bonds. The van der Waals surface area contributed by atoms with Crippen LogP contribution in [0.1, 0.15) is 55.6 Å². The lowest BCUT2D eigenvalue weighted by Crippen LogP contribution is -2.65. The van der Waals surface area contributed by atoms with Crippen LogP contribution in [-0.4, -0.2) is 39.4 Å². The molecule has 3 heterocycles. The number of hydrogen-bond donors (Lipinski definition) is 1. The fourth-order valence-electron chi connectivity index (χ4n) is 5.50. The molecular weight excluding hydrogens is 426 g/mol. The van der Waals surface area contributed by atoms with Gasteiger partial charge in [0.2, 0.25) is 5.91 Å². The van der Waals surface area contributed by atoms with Crippen molar-refractivity contribution < 1.29 is 14.0 Å². The molecule has 1 aromatic carbocycles. The number of rotatable bonds is 6. The van der Waals surface area contributed by atoms with Crippen LogP contribution in [0.15, 0.2) is 65.3 Å². The molecule has 34 heavy (non-hydrogen) atoms. The van der Waals surface area contributed by atoms with Gasteiger partial charge in [-0.2, -0.15) is 0 Å². The molecule has 3 aromatic rings. The summed E-state index contributed by atoms with van der Waals surface area (Å²) in [4.78, 5) is 29.5. The summed E-state index contributed by atoms with van der Waals surface area (Å²) in [6.07, 6.45) is 6.79. The minimum Gasteiger partial charge on any atom is -0.463 e. The molecule has 0 radical (unpaired) electrons. The topological polar surface area (TPSA) is 67.5 Å². The maximum absolute atomic E-state index is 13.9. The second kappa shape index (κ2) is 9.16. The summed E-state index contributed by atoms with van der Waals surface area (Å²) in [7, 11) is 0.